The van der Waals surface area contributed by atoms with E-state index in [4.69, 9.17) is 0 Å². The Hall–Kier alpha value is -3.74. The van der Waals surface area contributed by atoms with Gasteiger partial charge in [0.15, 0.2) is 5.65 Å². The minimum Gasteiger partial charge on any atom is -0.378 e. The lowest BCUT2D eigenvalue weighted by molar-refractivity contribution is 0.0949. The SMILES string of the molecule is CN(C)c1ccc(C(=O)NCc2nc3cccnc3n2Cc2ccc(F)cc2)cc1. The van der Waals surface area contributed by atoms with Crippen LogP contribution in [0.3, 0.4) is 0 Å². The quantitative estimate of drug-likeness (QED) is 0.534. The van der Waals surface area contributed by atoms with Gasteiger partial charge in [0.05, 0.1) is 13.1 Å². The third-order valence-corrected chi connectivity index (χ3v) is 4.89. The molecule has 2 heterocycles. The van der Waals surface area contributed by atoms with Gasteiger partial charge in [-0.3, -0.25) is 4.79 Å². The fourth-order valence-electron chi connectivity index (χ4n) is 3.25. The van der Waals surface area contributed by atoms with Gasteiger partial charge in [-0.05, 0) is 54.1 Å². The molecule has 6 nitrogen and oxygen atoms in total. The largest absolute Gasteiger partial charge is 0.378 e. The fourth-order valence-corrected chi connectivity index (χ4v) is 3.25. The Morgan fingerprint density at radius 3 is 2.50 bits per heavy atom. The Balaban J connectivity index is 1.56. The molecule has 0 radical (unpaired) electrons. The minimum absolute atomic E-state index is 0.173. The van der Waals surface area contributed by atoms with E-state index < -0.39 is 0 Å². The van der Waals surface area contributed by atoms with Crippen LogP contribution in [0.5, 0.6) is 0 Å². The molecule has 0 spiro atoms. The molecule has 0 atom stereocenters. The summed E-state index contributed by atoms with van der Waals surface area (Å²) in [4.78, 5) is 23.7. The summed E-state index contributed by atoms with van der Waals surface area (Å²) < 4.78 is 15.2. The van der Waals surface area contributed by atoms with Gasteiger partial charge in [0.25, 0.3) is 5.91 Å². The van der Waals surface area contributed by atoms with Gasteiger partial charge in [0.1, 0.15) is 17.2 Å². The normalized spacial score (nSPS) is 10.9. The number of aromatic nitrogens is 3. The summed E-state index contributed by atoms with van der Waals surface area (Å²) in [5, 5.41) is 2.94. The number of imidazole rings is 1. The van der Waals surface area contributed by atoms with Crippen LogP contribution in [0.1, 0.15) is 21.7 Å². The molecule has 2 aromatic heterocycles. The first kappa shape index (κ1) is 19.6. The molecule has 1 N–H and O–H groups in total. The molecule has 1 amide bonds. The number of nitrogens with zero attached hydrogens (tertiary/aromatic N) is 4. The van der Waals surface area contributed by atoms with Crippen LogP contribution in [-0.2, 0) is 13.1 Å². The highest BCUT2D eigenvalue weighted by molar-refractivity contribution is 5.94. The number of halogens is 1. The van der Waals surface area contributed by atoms with E-state index in [0.29, 0.717) is 17.9 Å². The zero-order valence-electron chi connectivity index (χ0n) is 16.8. The summed E-state index contributed by atoms with van der Waals surface area (Å²) in [5.41, 5.74) is 4.01. The van der Waals surface area contributed by atoms with E-state index in [0.717, 1.165) is 22.4 Å². The average molecular weight is 403 g/mol. The number of hydrogen-bond donors (Lipinski definition) is 1. The Morgan fingerprint density at radius 1 is 1.07 bits per heavy atom. The molecule has 0 aliphatic carbocycles. The molecule has 30 heavy (non-hydrogen) atoms. The van der Waals surface area contributed by atoms with E-state index in [1.807, 2.05) is 47.8 Å². The number of rotatable bonds is 6. The molecule has 4 aromatic rings. The monoisotopic (exact) mass is 403 g/mol. The maximum absolute atomic E-state index is 13.3. The van der Waals surface area contributed by atoms with E-state index >= 15 is 0 Å². The second-order valence-electron chi connectivity index (χ2n) is 7.21. The van der Waals surface area contributed by atoms with Gasteiger partial charge in [-0.15, -0.1) is 0 Å². The number of carbonyl (C=O) groups excluding carboxylic acids is 1. The number of nitrogens with one attached hydrogen (secondary N) is 1. The van der Waals surface area contributed by atoms with Crippen molar-refractivity contribution in [2.24, 2.45) is 0 Å². The first-order chi connectivity index (χ1) is 14.5. The van der Waals surface area contributed by atoms with E-state index in [1.165, 1.54) is 12.1 Å². The number of anilines is 1. The van der Waals surface area contributed by atoms with Crippen LogP contribution in [0.4, 0.5) is 10.1 Å². The number of hydrogen-bond acceptors (Lipinski definition) is 4. The summed E-state index contributed by atoms with van der Waals surface area (Å²) in [6.07, 6.45) is 1.71. The maximum atomic E-state index is 13.3. The molecule has 4 rings (SSSR count). The van der Waals surface area contributed by atoms with Crippen LogP contribution in [0, 0.1) is 5.82 Å². The van der Waals surface area contributed by atoms with Gasteiger partial charge in [-0.25, -0.2) is 14.4 Å². The molecule has 2 aromatic carbocycles. The third-order valence-electron chi connectivity index (χ3n) is 4.89. The molecular weight excluding hydrogens is 381 g/mol. The predicted octanol–water partition coefficient (Wildman–Crippen LogP) is 3.61. The van der Waals surface area contributed by atoms with Crippen molar-refractivity contribution in [3.05, 3.63) is 89.6 Å². The van der Waals surface area contributed by atoms with Gasteiger partial charge < -0.3 is 14.8 Å². The molecule has 7 heteroatoms. The second kappa shape index (κ2) is 8.32. The third kappa shape index (κ3) is 4.15. The Morgan fingerprint density at radius 2 is 1.80 bits per heavy atom. The zero-order valence-corrected chi connectivity index (χ0v) is 16.8. The lowest BCUT2D eigenvalue weighted by atomic mass is 10.2. The van der Waals surface area contributed by atoms with Crippen molar-refractivity contribution < 1.29 is 9.18 Å². The van der Waals surface area contributed by atoms with Crippen molar-refractivity contribution in [2.45, 2.75) is 13.1 Å². The highest BCUT2D eigenvalue weighted by Crippen LogP contribution is 2.17. The van der Waals surface area contributed by atoms with Crippen molar-refractivity contribution >= 4 is 22.8 Å². The standard InChI is InChI=1S/C23H22FN5O/c1-28(2)19-11-7-17(8-12-19)23(30)26-14-21-27-20-4-3-13-25-22(20)29(21)15-16-5-9-18(24)10-6-16/h3-13H,14-15H2,1-2H3,(H,26,30). The van der Waals surface area contributed by atoms with E-state index in [-0.39, 0.29) is 18.3 Å². The number of amides is 1. The molecule has 0 bridgehead atoms. The van der Waals surface area contributed by atoms with E-state index in [1.54, 1.807) is 30.5 Å². The average Bonchev–Trinajstić information content (AvgIpc) is 3.11. The maximum Gasteiger partial charge on any atom is 0.251 e. The van der Waals surface area contributed by atoms with Crippen LogP contribution in [0.25, 0.3) is 11.2 Å². The van der Waals surface area contributed by atoms with Crippen molar-refractivity contribution in [1.82, 2.24) is 19.9 Å². The van der Waals surface area contributed by atoms with Gasteiger partial charge in [0, 0.05) is 31.5 Å². The molecule has 0 unspecified atom stereocenters. The zero-order chi connectivity index (χ0) is 21.1. The van der Waals surface area contributed by atoms with Crippen LogP contribution in [0.15, 0.2) is 66.9 Å². The molecule has 152 valence electrons. The summed E-state index contributed by atoms with van der Waals surface area (Å²) in [6, 6.07) is 17.5. The van der Waals surface area contributed by atoms with Crippen LogP contribution in [-0.4, -0.2) is 34.5 Å². The smallest absolute Gasteiger partial charge is 0.251 e. The number of carbonyl (C=O) groups is 1. The highest BCUT2D eigenvalue weighted by atomic mass is 19.1. The Labute approximate surface area is 174 Å². The lowest BCUT2D eigenvalue weighted by Crippen LogP contribution is -2.25. The van der Waals surface area contributed by atoms with E-state index in [9.17, 15) is 9.18 Å². The van der Waals surface area contributed by atoms with Crippen molar-refractivity contribution in [1.29, 1.82) is 0 Å². The number of pyridine rings is 1. The molecule has 0 saturated carbocycles. The summed E-state index contributed by atoms with van der Waals surface area (Å²) in [7, 11) is 3.91. The lowest BCUT2D eigenvalue weighted by Gasteiger charge is -2.13. The first-order valence-corrected chi connectivity index (χ1v) is 9.61. The topological polar surface area (TPSA) is 63.1 Å². The molecular formula is C23H22FN5O. The fraction of sp³-hybridized carbons (Fsp3) is 0.174. The summed E-state index contributed by atoms with van der Waals surface area (Å²) >= 11 is 0. The van der Waals surface area contributed by atoms with Gasteiger partial charge in [-0.1, -0.05) is 12.1 Å². The highest BCUT2D eigenvalue weighted by Gasteiger charge is 2.14. The number of fused-ring (bicyclic) bond motifs is 1. The molecule has 0 aliphatic rings. The van der Waals surface area contributed by atoms with Gasteiger partial charge in [0.2, 0.25) is 0 Å². The molecule has 0 fully saturated rings. The molecule has 0 saturated heterocycles. The Kier molecular flexibility index (Phi) is 5.43. The summed E-state index contributed by atoms with van der Waals surface area (Å²) in [6.45, 7) is 0.738. The van der Waals surface area contributed by atoms with Crippen molar-refractivity contribution in [3.8, 4) is 0 Å². The summed E-state index contributed by atoms with van der Waals surface area (Å²) in [5.74, 6) is 0.236. The second-order valence-corrected chi connectivity index (χ2v) is 7.21. The van der Waals surface area contributed by atoms with Gasteiger partial charge in [-0.2, -0.15) is 0 Å². The first-order valence-electron chi connectivity index (χ1n) is 9.61. The predicted molar refractivity (Wildman–Crippen MR) is 115 cm³/mol. The van der Waals surface area contributed by atoms with Crippen LogP contribution < -0.4 is 10.2 Å². The Bertz CT molecular complexity index is 1170. The van der Waals surface area contributed by atoms with Crippen LogP contribution >= 0.6 is 0 Å². The van der Waals surface area contributed by atoms with Crippen molar-refractivity contribution in [3.63, 3.8) is 0 Å². The minimum atomic E-state index is -0.278. The van der Waals surface area contributed by atoms with E-state index in [2.05, 4.69) is 15.3 Å². The van der Waals surface area contributed by atoms with Crippen LogP contribution in [0.2, 0.25) is 0 Å². The molecule has 0 aliphatic heterocycles. The number of benzene rings is 2. The van der Waals surface area contributed by atoms with Crippen molar-refractivity contribution in [2.75, 3.05) is 19.0 Å². The van der Waals surface area contributed by atoms with Gasteiger partial charge >= 0.3 is 0 Å².